The molecule has 0 bridgehead atoms. The molecule has 3 nitrogen and oxygen atoms in total. The first kappa shape index (κ1) is 12.0. The van der Waals surface area contributed by atoms with E-state index in [0.717, 1.165) is 11.1 Å². The Morgan fingerprint density at radius 3 is 2.82 bits per heavy atom. The maximum absolute atomic E-state index is 13.6. The predicted octanol–water partition coefficient (Wildman–Crippen LogP) is 1.59. The van der Waals surface area contributed by atoms with Crippen LogP contribution in [0, 0.1) is 19.7 Å². The Morgan fingerprint density at radius 2 is 2.06 bits per heavy atom. The van der Waals surface area contributed by atoms with E-state index in [1.807, 2.05) is 6.92 Å². The first-order chi connectivity index (χ1) is 8.09. The zero-order valence-corrected chi connectivity index (χ0v) is 10.1. The molecule has 0 spiro atoms. The van der Waals surface area contributed by atoms with Crippen LogP contribution in [0.1, 0.15) is 29.2 Å². The van der Waals surface area contributed by atoms with Gasteiger partial charge < -0.3 is 10.6 Å². The van der Waals surface area contributed by atoms with Crippen molar-refractivity contribution in [1.29, 1.82) is 0 Å². The zero-order chi connectivity index (χ0) is 12.4. The molecule has 1 saturated heterocycles. The van der Waals surface area contributed by atoms with E-state index < -0.39 is 0 Å². The van der Waals surface area contributed by atoms with Crippen molar-refractivity contribution < 1.29 is 9.18 Å². The number of rotatable bonds is 1. The van der Waals surface area contributed by atoms with Crippen molar-refractivity contribution in [1.82, 2.24) is 10.6 Å². The lowest BCUT2D eigenvalue weighted by molar-refractivity contribution is -0.121. The molecule has 0 radical (unpaired) electrons. The molecule has 17 heavy (non-hydrogen) atoms. The van der Waals surface area contributed by atoms with E-state index >= 15 is 0 Å². The average molecular weight is 236 g/mol. The minimum atomic E-state index is -0.211. The van der Waals surface area contributed by atoms with Gasteiger partial charge in [0.25, 0.3) is 0 Å². The maximum Gasteiger partial charge on any atom is 0.221 e. The Kier molecular flexibility index (Phi) is 3.43. The summed E-state index contributed by atoms with van der Waals surface area (Å²) in [5.41, 5.74) is 2.58. The van der Waals surface area contributed by atoms with Gasteiger partial charge in [-0.1, -0.05) is 6.07 Å². The number of nitrogens with one attached hydrogen (secondary N) is 2. The van der Waals surface area contributed by atoms with Crippen LogP contribution in [-0.4, -0.2) is 19.0 Å². The zero-order valence-electron chi connectivity index (χ0n) is 10.1. The molecule has 1 fully saturated rings. The lowest BCUT2D eigenvalue weighted by atomic mass is 9.93. The molecule has 92 valence electrons. The van der Waals surface area contributed by atoms with Crippen molar-refractivity contribution in [3.05, 3.63) is 34.6 Å². The molecule has 0 aromatic heterocycles. The molecule has 1 atom stereocenters. The van der Waals surface area contributed by atoms with E-state index in [4.69, 9.17) is 0 Å². The molecule has 1 aliphatic rings. The van der Waals surface area contributed by atoms with Gasteiger partial charge in [0.05, 0.1) is 0 Å². The molecule has 1 aliphatic heterocycles. The Labute approximate surface area is 100 Å². The Bertz CT molecular complexity index is 445. The molecule has 0 saturated carbocycles. The van der Waals surface area contributed by atoms with Gasteiger partial charge in [-0.2, -0.15) is 0 Å². The van der Waals surface area contributed by atoms with E-state index in [1.54, 1.807) is 13.0 Å². The van der Waals surface area contributed by atoms with Crippen LogP contribution in [0.4, 0.5) is 4.39 Å². The number of halogens is 1. The Hall–Kier alpha value is -1.42. The monoisotopic (exact) mass is 236 g/mol. The van der Waals surface area contributed by atoms with Crippen LogP contribution in [0.5, 0.6) is 0 Å². The normalized spacial score (nSPS) is 20.9. The fraction of sp³-hybridized carbons (Fsp3) is 0.462. The quantitative estimate of drug-likeness (QED) is 0.777. The van der Waals surface area contributed by atoms with Gasteiger partial charge in [-0.15, -0.1) is 0 Å². The van der Waals surface area contributed by atoms with Crippen molar-refractivity contribution in [2.45, 2.75) is 26.3 Å². The second kappa shape index (κ2) is 4.84. The molecule has 1 unspecified atom stereocenters. The van der Waals surface area contributed by atoms with Crippen LogP contribution in [-0.2, 0) is 4.79 Å². The molecule has 2 rings (SSSR count). The molecule has 1 aromatic rings. The number of hydrogen-bond donors (Lipinski definition) is 2. The summed E-state index contributed by atoms with van der Waals surface area (Å²) in [5.74, 6) is -0.194. The summed E-state index contributed by atoms with van der Waals surface area (Å²) >= 11 is 0. The van der Waals surface area contributed by atoms with Crippen LogP contribution in [0.25, 0.3) is 0 Å². The fourth-order valence-electron chi connectivity index (χ4n) is 2.36. The van der Waals surface area contributed by atoms with E-state index in [0.29, 0.717) is 25.1 Å². The highest BCUT2D eigenvalue weighted by Gasteiger charge is 2.22. The summed E-state index contributed by atoms with van der Waals surface area (Å²) in [6.07, 6.45) is 0.366. The van der Waals surface area contributed by atoms with Gasteiger partial charge >= 0.3 is 0 Å². The van der Waals surface area contributed by atoms with Crippen molar-refractivity contribution in [2.24, 2.45) is 0 Å². The largest absolute Gasteiger partial charge is 0.355 e. The lowest BCUT2D eigenvalue weighted by Crippen LogP contribution is -2.25. The number of carbonyl (C=O) groups excluding carboxylic acids is 1. The summed E-state index contributed by atoms with van der Waals surface area (Å²) in [6, 6.07) is 3.15. The molecule has 1 aromatic carbocycles. The van der Waals surface area contributed by atoms with Crippen molar-refractivity contribution in [3.63, 3.8) is 0 Å². The fourth-order valence-corrected chi connectivity index (χ4v) is 2.36. The first-order valence-electron chi connectivity index (χ1n) is 5.85. The van der Waals surface area contributed by atoms with Gasteiger partial charge in [0.1, 0.15) is 5.82 Å². The summed E-state index contributed by atoms with van der Waals surface area (Å²) in [4.78, 5) is 11.5. The van der Waals surface area contributed by atoms with Crippen LogP contribution in [0.3, 0.4) is 0 Å². The Morgan fingerprint density at radius 1 is 1.29 bits per heavy atom. The van der Waals surface area contributed by atoms with Crippen LogP contribution >= 0.6 is 0 Å². The third-order valence-electron chi connectivity index (χ3n) is 3.24. The van der Waals surface area contributed by atoms with E-state index in [2.05, 4.69) is 10.6 Å². The molecule has 1 heterocycles. The summed E-state index contributed by atoms with van der Waals surface area (Å²) in [7, 11) is 0. The lowest BCUT2D eigenvalue weighted by Gasteiger charge is -2.20. The number of amides is 1. The molecule has 0 aliphatic carbocycles. The van der Waals surface area contributed by atoms with Crippen LogP contribution in [0.2, 0.25) is 0 Å². The van der Waals surface area contributed by atoms with Crippen molar-refractivity contribution in [2.75, 3.05) is 13.1 Å². The van der Waals surface area contributed by atoms with Gasteiger partial charge in [-0.05, 0) is 36.6 Å². The second-order valence-corrected chi connectivity index (χ2v) is 4.46. The van der Waals surface area contributed by atoms with Crippen molar-refractivity contribution >= 4 is 5.91 Å². The van der Waals surface area contributed by atoms with Crippen LogP contribution in [0.15, 0.2) is 12.1 Å². The smallest absolute Gasteiger partial charge is 0.221 e. The molecular weight excluding hydrogens is 219 g/mol. The highest BCUT2D eigenvalue weighted by atomic mass is 19.1. The summed E-state index contributed by atoms with van der Waals surface area (Å²) in [5, 5.41) is 6.09. The van der Waals surface area contributed by atoms with E-state index in [9.17, 15) is 9.18 Å². The highest BCUT2D eigenvalue weighted by Crippen LogP contribution is 2.26. The number of carbonyl (C=O) groups is 1. The predicted molar refractivity (Wildman–Crippen MR) is 64.2 cm³/mol. The SMILES string of the molecule is Cc1ccc(F)c(C)c1C1CC(=O)NCCN1. The molecular formula is C13H17FN2O. The number of aryl methyl sites for hydroxylation is 1. The minimum absolute atomic E-state index is 0.0167. The molecule has 1 amide bonds. The van der Waals surface area contributed by atoms with Crippen molar-refractivity contribution in [3.8, 4) is 0 Å². The third-order valence-corrected chi connectivity index (χ3v) is 3.24. The topological polar surface area (TPSA) is 41.1 Å². The standard InChI is InChI=1S/C13H17FN2O/c1-8-3-4-10(14)9(2)13(8)11-7-12(17)16-6-5-15-11/h3-4,11,15H,5-7H2,1-2H3,(H,16,17). The summed E-state index contributed by atoms with van der Waals surface area (Å²) in [6.45, 7) is 5.06. The number of benzene rings is 1. The van der Waals surface area contributed by atoms with Gasteiger partial charge in [0.15, 0.2) is 0 Å². The van der Waals surface area contributed by atoms with Gasteiger partial charge in [0, 0.05) is 25.6 Å². The second-order valence-electron chi connectivity index (χ2n) is 4.46. The Balaban J connectivity index is 2.38. The number of hydrogen-bond acceptors (Lipinski definition) is 2. The maximum atomic E-state index is 13.6. The van der Waals surface area contributed by atoms with Gasteiger partial charge in [-0.3, -0.25) is 4.79 Å². The van der Waals surface area contributed by atoms with Gasteiger partial charge in [-0.25, -0.2) is 4.39 Å². The van der Waals surface area contributed by atoms with Crippen LogP contribution < -0.4 is 10.6 Å². The molecule has 4 heteroatoms. The average Bonchev–Trinajstić information content (AvgIpc) is 2.49. The van der Waals surface area contributed by atoms with Gasteiger partial charge in [0.2, 0.25) is 5.91 Å². The summed E-state index contributed by atoms with van der Waals surface area (Å²) < 4.78 is 13.6. The minimum Gasteiger partial charge on any atom is -0.355 e. The highest BCUT2D eigenvalue weighted by molar-refractivity contribution is 5.77. The third kappa shape index (κ3) is 2.47. The first-order valence-corrected chi connectivity index (χ1v) is 5.85. The molecule has 2 N–H and O–H groups in total. The van der Waals surface area contributed by atoms with E-state index in [1.165, 1.54) is 6.07 Å². The van der Waals surface area contributed by atoms with E-state index in [-0.39, 0.29) is 17.8 Å².